The molecule has 0 amide bonds. The number of aliphatic hydroxyl groups is 2. The number of aromatic hydroxyl groups is 1. The predicted molar refractivity (Wildman–Crippen MR) is 255 cm³/mol. The average molecular weight is 890 g/mol. The van der Waals surface area contributed by atoms with E-state index in [1.807, 2.05) is 32.2 Å². The van der Waals surface area contributed by atoms with Crippen LogP contribution in [0.15, 0.2) is 53.6 Å². The predicted octanol–water partition coefficient (Wildman–Crippen LogP) is 9.28. The highest BCUT2D eigenvalue weighted by Crippen LogP contribution is 2.79. The third-order valence-electron chi connectivity index (χ3n) is 20.5. The van der Waals surface area contributed by atoms with Crippen molar-refractivity contribution in [3.63, 3.8) is 0 Å². The zero-order valence-corrected chi connectivity index (χ0v) is 40.5. The van der Waals surface area contributed by atoms with E-state index in [4.69, 9.17) is 10.5 Å². The molecule has 10 rings (SSSR count). The fraction of sp³-hybridized carbons (Fsp3) is 0.714. The van der Waals surface area contributed by atoms with Crippen molar-refractivity contribution in [2.75, 3.05) is 19.3 Å². The Morgan fingerprint density at radius 3 is 2.48 bits per heavy atom. The number of β-amino-alcohol motifs (C(OH)–C–C–N with tert-alkyl or cyclic N) is 1. The molecule has 16 atom stereocenters. The van der Waals surface area contributed by atoms with Crippen molar-refractivity contribution in [2.24, 2.45) is 51.2 Å². The number of ether oxygens (including phenoxy) is 1. The van der Waals surface area contributed by atoms with E-state index in [1.165, 1.54) is 11.1 Å². The van der Waals surface area contributed by atoms with Gasteiger partial charge in [0, 0.05) is 47.5 Å². The van der Waals surface area contributed by atoms with Crippen molar-refractivity contribution >= 4 is 17.3 Å². The summed E-state index contributed by atoms with van der Waals surface area (Å²) in [6.07, 6.45) is 12.4. The Bertz CT molecular complexity index is 2260. The maximum atomic E-state index is 15.5. The molecule has 16 unspecified atom stereocenters. The van der Waals surface area contributed by atoms with Crippen LogP contribution in [-0.2, 0) is 20.9 Å². The number of ketones is 2. The van der Waals surface area contributed by atoms with Gasteiger partial charge in [-0.05, 0) is 178 Å². The molecule has 5 saturated carbocycles. The Morgan fingerprint density at radius 2 is 1.71 bits per heavy atom. The molecule has 9 heteroatoms. The summed E-state index contributed by atoms with van der Waals surface area (Å²) in [7, 11) is 1.91. The largest absolute Gasteiger partial charge is 0.508 e. The number of Topliss-reactive ketones (excluding diaryl/α,β-unsaturated/α-hetero) is 2. The highest BCUT2D eigenvalue weighted by molar-refractivity contribution is 6.03. The van der Waals surface area contributed by atoms with E-state index < -0.39 is 22.7 Å². The number of nitrogen functional groups attached to an aromatic ring is 1. The maximum absolute atomic E-state index is 15.5. The number of carbonyl (C=O) groups is 2. The van der Waals surface area contributed by atoms with Gasteiger partial charge in [0.25, 0.3) is 0 Å². The fourth-order valence-corrected chi connectivity index (χ4v) is 18.0. The number of carbonyl (C=O) groups excluding carboxylic acids is 2. The van der Waals surface area contributed by atoms with Gasteiger partial charge >= 0.3 is 0 Å². The summed E-state index contributed by atoms with van der Waals surface area (Å²) in [5.41, 5.74) is 9.86. The first-order chi connectivity index (χ1) is 30.8. The van der Waals surface area contributed by atoms with Crippen molar-refractivity contribution in [2.45, 2.75) is 186 Å². The smallest absolute Gasteiger partial charge is 0.163 e. The summed E-state index contributed by atoms with van der Waals surface area (Å²) < 4.78 is 6.57. The van der Waals surface area contributed by atoms with Crippen LogP contribution in [0.1, 0.15) is 166 Å². The van der Waals surface area contributed by atoms with Gasteiger partial charge in [0.1, 0.15) is 17.6 Å². The molecule has 2 saturated heterocycles. The Balaban J connectivity index is 1.00. The molecule has 2 aromatic rings. The molecule has 6 aliphatic carbocycles. The number of nitrogens with one attached hydrogen (secondary N) is 2. The van der Waals surface area contributed by atoms with Crippen molar-refractivity contribution in [3.8, 4) is 5.75 Å². The Labute approximate surface area is 388 Å². The fourth-order valence-electron chi connectivity index (χ4n) is 18.0. The molecular formula is C56H79N3O6. The molecule has 8 aliphatic rings. The van der Waals surface area contributed by atoms with E-state index in [9.17, 15) is 15.3 Å². The Kier molecular flexibility index (Phi) is 11.2. The molecule has 7 N–H and O–H groups in total. The van der Waals surface area contributed by atoms with E-state index >= 15 is 9.59 Å². The summed E-state index contributed by atoms with van der Waals surface area (Å²) in [6, 6.07) is 14.1. The van der Waals surface area contributed by atoms with Crippen molar-refractivity contribution in [3.05, 3.63) is 70.3 Å². The highest BCUT2D eigenvalue weighted by Gasteiger charge is 2.75. The monoisotopic (exact) mass is 890 g/mol. The first-order valence-corrected chi connectivity index (χ1v) is 25.8. The van der Waals surface area contributed by atoms with Crippen LogP contribution in [0.2, 0.25) is 0 Å². The third kappa shape index (κ3) is 6.91. The zero-order chi connectivity index (χ0) is 46.1. The summed E-state index contributed by atoms with van der Waals surface area (Å²) in [6.45, 7) is 14.7. The van der Waals surface area contributed by atoms with Gasteiger partial charge in [-0.2, -0.15) is 0 Å². The van der Waals surface area contributed by atoms with Crippen molar-refractivity contribution in [1.82, 2.24) is 10.6 Å². The van der Waals surface area contributed by atoms with Crippen molar-refractivity contribution < 1.29 is 29.6 Å². The van der Waals surface area contributed by atoms with Crippen LogP contribution in [0, 0.1) is 51.2 Å². The normalized spacial score (nSPS) is 44.5. The second-order valence-electron chi connectivity index (χ2n) is 24.3. The van der Waals surface area contributed by atoms with E-state index in [2.05, 4.69) is 63.5 Å². The maximum Gasteiger partial charge on any atom is 0.163 e. The quantitative estimate of drug-likeness (QED) is 0.107. The van der Waals surface area contributed by atoms with Crippen LogP contribution < -0.4 is 16.4 Å². The van der Waals surface area contributed by atoms with Gasteiger partial charge < -0.3 is 36.4 Å². The Morgan fingerprint density at radius 1 is 0.923 bits per heavy atom. The Hall–Kier alpha value is -3.08. The summed E-state index contributed by atoms with van der Waals surface area (Å²) >= 11 is 0. The number of aliphatic hydroxyl groups excluding tert-OH is 1. The molecule has 0 aromatic heterocycles. The molecule has 2 aromatic carbocycles. The van der Waals surface area contributed by atoms with Crippen LogP contribution in [0.3, 0.4) is 0 Å². The summed E-state index contributed by atoms with van der Waals surface area (Å²) in [4.78, 5) is 30.8. The minimum atomic E-state index is -0.857. The standard InChI is InChI=1S/C56H79N3O6/c1-32(23-44(61)50-55(6,65-50)40-16-11-15-38(40)34-13-10-14-36(57)26-34)46-41-18-19-45-53(4)28-39(35-24-33(30-58-7)25-37(60)27-35)49(63)52(3)21-9-8-20-51(2,64)31-59-43(48(52)53)29-56(45)22-12-17-42(47(46)62)54(41,56)5/h10,13-14,24-27,32,38-40,42-45,48,50,58-61,64H,8-9,11-12,15-23,28-31,57H2,1-7H3. The van der Waals surface area contributed by atoms with E-state index in [-0.39, 0.29) is 63.7 Å². The number of hydrogen-bond donors (Lipinski definition) is 6. The number of phenolic OH excluding ortho intramolecular Hbond substituents is 1. The number of hydrogen-bond acceptors (Lipinski definition) is 9. The van der Waals surface area contributed by atoms with E-state index in [1.54, 1.807) is 6.07 Å². The number of benzene rings is 2. The molecular weight excluding hydrogens is 811 g/mol. The second-order valence-corrected chi connectivity index (χ2v) is 24.3. The lowest BCUT2D eigenvalue weighted by Gasteiger charge is -2.73. The number of epoxide rings is 1. The molecule has 9 nitrogen and oxygen atoms in total. The van der Waals surface area contributed by atoms with Gasteiger partial charge in [-0.25, -0.2) is 0 Å². The number of allylic oxidation sites excluding steroid dienone is 2. The van der Waals surface area contributed by atoms with Gasteiger partial charge in [-0.3, -0.25) is 9.59 Å². The lowest BCUT2D eigenvalue weighted by molar-refractivity contribution is -0.219. The molecule has 0 radical (unpaired) electrons. The molecule has 1 spiro atoms. The number of anilines is 1. The highest BCUT2D eigenvalue weighted by atomic mass is 16.6. The topological polar surface area (TPSA) is 157 Å². The van der Waals surface area contributed by atoms with Crippen LogP contribution >= 0.6 is 0 Å². The van der Waals surface area contributed by atoms with E-state index in [0.717, 1.165) is 99.4 Å². The third-order valence-corrected chi connectivity index (χ3v) is 20.5. The molecule has 2 heterocycles. The molecule has 354 valence electrons. The lowest BCUT2D eigenvalue weighted by Crippen LogP contribution is -2.72. The minimum Gasteiger partial charge on any atom is -0.508 e. The lowest BCUT2D eigenvalue weighted by atomic mass is 9.31. The van der Waals surface area contributed by atoms with Gasteiger partial charge in [0.15, 0.2) is 5.78 Å². The van der Waals surface area contributed by atoms with Crippen LogP contribution in [0.4, 0.5) is 5.69 Å². The number of fused-ring (bicyclic) bond motifs is 1. The van der Waals surface area contributed by atoms with Gasteiger partial charge in [-0.15, -0.1) is 0 Å². The molecule has 2 aliphatic heterocycles. The molecule has 7 fully saturated rings. The average Bonchev–Trinajstić information content (AvgIpc) is 3.58. The number of nitrogens with two attached hydrogens (primary N) is 1. The van der Waals surface area contributed by atoms with Crippen molar-refractivity contribution in [1.29, 1.82) is 0 Å². The minimum absolute atomic E-state index is 0.00971. The zero-order valence-electron chi connectivity index (χ0n) is 40.5. The SMILES string of the molecule is CNCc1cc(O)cc(C2CC3(C)C4C(CC56CCCC7C(=O)C(C(C)CC(O)C8OC8(C)C8CCCC8c8cccc(N)c8)=C(CCC35)C76C)NCC(C)(O)CCCCC4(C)C2=O)c1. The van der Waals surface area contributed by atoms with Gasteiger partial charge in [0.05, 0.1) is 17.3 Å². The number of phenols is 1. The molecule has 0 bridgehead atoms. The van der Waals surface area contributed by atoms with Gasteiger partial charge in [0.2, 0.25) is 0 Å². The second kappa shape index (κ2) is 16.0. The van der Waals surface area contributed by atoms with E-state index in [0.29, 0.717) is 55.8 Å². The first kappa shape index (κ1) is 45.7. The number of rotatable bonds is 9. The van der Waals surface area contributed by atoms with Crippen LogP contribution in [-0.4, -0.2) is 69.9 Å². The van der Waals surface area contributed by atoms with Gasteiger partial charge in [-0.1, -0.05) is 77.2 Å². The van der Waals surface area contributed by atoms with Crippen LogP contribution in [0.5, 0.6) is 5.75 Å². The summed E-state index contributed by atoms with van der Waals surface area (Å²) in [5.74, 6) is 1.27. The summed E-state index contributed by atoms with van der Waals surface area (Å²) in [5, 5.41) is 42.2. The van der Waals surface area contributed by atoms with Crippen LogP contribution in [0.25, 0.3) is 0 Å². The first-order valence-electron chi connectivity index (χ1n) is 25.8. The molecule has 65 heavy (non-hydrogen) atoms.